The van der Waals surface area contributed by atoms with Crippen LogP contribution in [-0.4, -0.2) is 45.3 Å². The van der Waals surface area contributed by atoms with E-state index in [1.165, 1.54) is 44.9 Å². The third-order valence-electron chi connectivity index (χ3n) is 7.77. The van der Waals surface area contributed by atoms with Gasteiger partial charge in [0.05, 0.1) is 0 Å². The molecule has 0 saturated heterocycles. The Balaban J connectivity index is 1.49. The van der Waals surface area contributed by atoms with Gasteiger partial charge in [-0.05, 0) is 50.4 Å². The van der Waals surface area contributed by atoms with Gasteiger partial charge in [0.25, 0.3) is 0 Å². The highest BCUT2D eigenvalue weighted by Gasteiger charge is 2.28. The van der Waals surface area contributed by atoms with Crippen LogP contribution in [0, 0.1) is 17.8 Å². The summed E-state index contributed by atoms with van der Waals surface area (Å²) in [7, 11) is 0. The number of H-pyrrole nitrogens is 1. The lowest BCUT2D eigenvalue weighted by Crippen LogP contribution is -2.31. The Labute approximate surface area is 202 Å². The molecule has 0 aliphatic heterocycles. The number of aromatic amines is 1. The highest BCUT2D eigenvalue weighted by Crippen LogP contribution is 2.35. The molecule has 0 radical (unpaired) electrons. The molecule has 0 unspecified atom stereocenters. The summed E-state index contributed by atoms with van der Waals surface area (Å²) in [6, 6.07) is 0.252. The number of aromatic nitrogens is 8. The average Bonchev–Trinajstić information content (AvgIpc) is 3.54. The van der Waals surface area contributed by atoms with Crippen molar-refractivity contribution in [3.05, 3.63) is 29.3 Å². The van der Waals surface area contributed by atoms with Crippen LogP contribution in [0.3, 0.4) is 0 Å². The van der Waals surface area contributed by atoms with Gasteiger partial charge in [-0.15, -0.1) is 0 Å². The first-order valence-electron chi connectivity index (χ1n) is 12.6. The second-order valence-electron chi connectivity index (χ2n) is 10.3. The SMILES string of the molecule is CC1CCC(Cn2c(-n3ccnc3)nc3nc(-c4noc(=O)[nH]4)nc(N[C@H](C)C4CCC4)c32)CC1. The van der Waals surface area contributed by atoms with E-state index in [1.54, 1.807) is 12.5 Å². The van der Waals surface area contributed by atoms with Gasteiger partial charge >= 0.3 is 5.76 Å². The monoisotopic (exact) mass is 477 g/mol. The molecule has 184 valence electrons. The molecule has 2 N–H and O–H groups in total. The minimum atomic E-state index is -0.641. The van der Waals surface area contributed by atoms with Gasteiger partial charge in [0.2, 0.25) is 17.6 Å². The molecule has 4 aromatic rings. The Morgan fingerprint density at radius 3 is 2.66 bits per heavy atom. The van der Waals surface area contributed by atoms with E-state index in [2.05, 4.69) is 38.9 Å². The molecule has 2 saturated carbocycles. The third-order valence-corrected chi connectivity index (χ3v) is 7.77. The third kappa shape index (κ3) is 4.23. The van der Waals surface area contributed by atoms with Crippen molar-refractivity contribution in [3.8, 4) is 17.6 Å². The number of hydrogen-bond acceptors (Lipinski definition) is 8. The number of fused-ring (bicyclic) bond motifs is 1. The van der Waals surface area contributed by atoms with Crippen LogP contribution in [0.1, 0.15) is 58.8 Å². The molecule has 11 nitrogen and oxygen atoms in total. The van der Waals surface area contributed by atoms with E-state index in [1.807, 2.05) is 10.8 Å². The Hall–Kier alpha value is -3.50. The largest absolute Gasteiger partial charge is 0.439 e. The predicted octanol–water partition coefficient (Wildman–Crippen LogP) is 3.78. The molecule has 0 amide bonds. The summed E-state index contributed by atoms with van der Waals surface area (Å²) >= 11 is 0. The van der Waals surface area contributed by atoms with Gasteiger partial charge in [0, 0.05) is 25.0 Å². The number of anilines is 1. The molecular weight excluding hydrogens is 446 g/mol. The zero-order valence-electron chi connectivity index (χ0n) is 20.1. The zero-order chi connectivity index (χ0) is 23.9. The Kier molecular flexibility index (Phi) is 5.62. The predicted molar refractivity (Wildman–Crippen MR) is 130 cm³/mol. The fourth-order valence-electron chi connectivity index (χ4n) is 5.35. The van der Waals surface area contributed by atoms with Crippen LogP contribution in [0.4, 0.5) is 5.82 Å². The maximum Gasteiger partial charge on any atom is 0.439 e. The topological polar surface area (TPSA) is 132 Å². The number of nitrogens with one attached hydrogen (secondary N) is 2. The van der Waals surface area contributed by atoms with Crippen molar-refractivity contribution >= 4 is 17.0 Å². The van der Waals surface area contributed by atoms with E-state index in [9.17, 15) is 4.79 Å². The van der Waals surface area contributed by atoms with Gasteiger partial charge in [-0.1, -0.05) is 31.3 Å². The van der Waals surface area contributed by atoms with E-state index < -0.39 is 5.76 Å². The van der Waals surface area contributed by atoms with E-state index in [-0.39, 0.29) is 17.7 Å². The summed E-state index contributed by atoms with van der Waals surface area (Å²) in [5.41, 5.74) is 1.42. The van der Waals surface area contributed by atoms with Crippen LogP contribution in [0.5, 0.6) is 0 Å². The second kappa shape index (κ2) is 8.94. The lowest BCUT2D eigenvalue weighted by atomic mass is 9.80. The number of nitrogens with zero attached hydrogens (tertiary/aromatic N) is 7. The Bertz CT molecular complexity index is 1360. The molecule has 4 aromatic heterocycles. The normalized spacial score (nSPS) is 21.8. The molecule has 35 heavy (non-hydrogen) atoms. The van der Waals surface area contributed by atoms with Crippen LogP contribution in [0.15, 0.2) is 28.0 Å². The molecule has 6 rings (SSSR count). The molecule has 0 bridgehead atoms. The van der Waals surface area contributed by atoms with Gasteiger partial charge in [0.15, 0.2) is 11.5 Å². The van der Waals surface area contributed by atoms with Gasteiger partial charge in [0.1, 0.15) is 11.8 Å². The summed E-state index contributed by atoms with van der Waals surface area (Å²) in [5.74, 6) is 3.25. The van der Waals surface area contributed by atoms with Crippen molar-refractivity contribution < 1.29 is 4.52 Å². The van der Waals surface area contributed by atoms with Crippen LogP contribution in [-0.2, 0) is 6.54 Å². The van der Waals surface area contributed by atoms with Crippen LogP contribution >= 0.6 is 0 Å². The maximum absolute atomic E-state index is 11.6. The average molecular weight is 478 g/mol. The molecule has 4 heterocycles. The van der Waals surface area contributed by atoms with E-state index >= 15 is 0 Å². The molecule has 2 fully saturated rings. The molecule has 11 heteroatoms. The molecule has 0 spiro atoms. The first-order valence-corrected chi connectivity index (χ1v) is 12.6. The van der Waals surface area contributed by atoms with Crippen molar-refractivity contribution in [1.82, 2.24) is 39.2 Å². The number of imidazole rings is 2. The van der Waals surface area contributed by atoms with Crippen molar-refractivity contribution in [2.75, 3.05) is 5.32 Å². The lowest BCUT2D eigenvalue weighted by Gasteiger charge is -2.32. The van der Waals surface area contributed by atoms with Crippen molar-refractivity contribution in [2.45, 2.75) is 71.4 Å². The lowest BCUT2D eigenvalue weighted by molar-refractivity contribution is 0.266. The smallest absolute Gasteiger partial charge is 0.365 e. The first kappa shape index (κ1) is 22.0. The van der Waals surface area contributed by atoms with Crippen molar-refractivity contribution in [1.29, 1.82) is 0 Å². The van der Waals surface area contributed by atoms with Crippen LogP contribution in [0.25, 0.3) is 28.8 Å². The van der Waals surface area contributed by atoms with Gasteiger partial charge in [-0.2, -0.15) is 4.98 Å². The van der Waals surface area contributed by atoms with Gasteiger partial charge in [-0.25, -0.2) is 19.7 Å². The molecular formula is C24H31N9O2. The number of hydrogen-bond donors (Lipinski definition) is 2. The maximum atomic E-state index is 11.6. The molecule has 2 aliphatic carbocycles. The van der Waals surface area contributed by atoms with Crippen LogP contribution in [0.2, 0.25) is 0 Å². The standard InChI is InChI=1S/C24H31N9O2/c1-14-6-8-16(9-7-14)12-33-18-19(26-15(2)17-4-3-5-17)27-21(22-30-24(34)35-31-22)28-20(18)29-23(33)32-11-10-25-13-32/h10-11,13-17H,3-9,12H2,1-2H3,(H,26,27,28)(H,30,31,34)/t14?,15-,16?/m1/s1. The van der Waals surface area contributed by atoms with Crippen molar-refractivity contribution in [3.63, 3.8) is 0 Å². The molecule has 0 aromatic carbocycles. The van der Waals surface area contributed by atoms with E-state index in [4.69, 9.17) is 19.5 Å². The summed E-state index contributed by atoms with van der Waals surface area (Å²) < 4.78 is 8.87. The Morgan fingerprint density at radius 1 is 1.17 bits per heavy atom. The quantitative estimate of drug-likeness (QED) is 0.411. The first-order chi connectivity index (χ1) is 17.0. The number of rotatable bonds is 7. The summed E-state index contributed by atoms with van der Waals surface area (Å²) in [4.78, 5) is 32.8. The minimum Gasteiger partial charge on any atom is -0.365 e. The van der Waals surface area contributed by atoms with Gasteiger partial charge < -0.3 is 9.88 Å². The zero-order valence-corrected chi connectivity index (χ0v) is 20.1. The fraction of sp³-hybridized carbons (Fsp3) is 0.583. The van der Waals surface area contributed by atoms with E-state index in [0.29, 0.717) is 23.3 Å². The van der Waals surface area contributed by atoms with Crippen LogP contribution < -0.4 is 11.1 Å². The fourth-order valence-corrected chi connectivity index (χ4v) is 5.35. The summed E-state index contributed by atoms with van der Waals surface area (Å²) in [6.07, 6.45) is 14.0. The van der Waals surface area contributed by atoms with Gasteiger partial charge in [-0.3, -0.25) is 14.1 Å². The highest BCUT2D eigenvalue weighted by molar-refractivity contribution is 5.86. The second-order valence-corrected chi connectivity index (χ2v) is 10.3. The molecule has 1 atom stereocenters. The van der Waals surface area contributed by atoms with E-state index in [0.717, 1.165) is 23.9 Å². The summed E-state index contributed by atoms with van der Waals surface area (Å²) in [6.45, 7) is 5.38. The minimum absolute atomic E-state index is 0.191. The summed E-state index contributed by atoms with van der Waals surface area (Å²) in [5, 5.41) is 7.47. The van der Waals surface area contributed by atoms with Crippen molar-refractivity contribution in [2.24, 2.45) is 17.8 Å². The molecule has 2 aliphatic rings. The Morgan fingerprint density at radius 2 is 2.00 bits per heavy atom. The highest BCUT2D eigenvalue weighted by atomic mass is 16.5.